The van der Waals surface area contributed by atoms with Crippen LogP contribution in [-0.4, -0.2) is 58.5 Å². The lowest BCUT2D eigenvalue weighted by Gasteiger charge is -2.36. The number of benzene rings is 2. The Balaban J connectivity index is 1.32. The fourth-order valence-corrected chi connectivity index (χ4v) is 5.38. The predicted molar refractivity (Wildman–Crippen MR) is 116 cm³/mol. The summed E-state index contributed by atoms with van der Waals surface area (Å²) in [6.07, 6.45) is 1.49. The summed E-state index contributed by atoms with van der Waals surface area (Å²) in [5, 5.41) is 0. The number of carbonyl (C=O) groups excluding carboxylic acids is 2. The fraction of sp³-hybridized carbons (Fsp3) is 0.217. The molecule has 2 amide bonds. The van der Waals surface area contributed by atoms with Crippen molar-refractivity contribution in [2.75, 3.05) is 37.6 Å². The van der Waals surface area contributed by atoms with E-state index in [0.717, 1.165) is 0 Å². The highest BCUT2D eigenvalue weighted by Crippen LogP contribution is 2.41. The Bertz CT molecular complexity index is 1100. The highest BCUT2D eigenvalue weighted by Gasteiger charge is 2.33. The van der Waals surface area contributed by atoms with Crippen LogP contribution in [0.15, 0.2) is 81.1 Å². The molecule has 0 unspecified atom stereocenters. The smallest absolute Gasteiger partial charge is 0.289 e. The number of fused-ring (bicyclic) bond motifs is 2. The highest BCUT2D eigenvalue weighted by molar-refractivity contribution is 7.85. The van der Waals surface area contributed by atoms with Gasteiger partial charge in [0.05, 0.1) is 44.8 Å². The lowest BCUT2D eigenvalue weighted by atomic mass is 10.2. The quantitative estimate of drug-likeness (QED) is 0.633. The van der Waals surface area contributed by atoms with Crippen molar-refractivity contribution in [2.24, 2.45) is 0 Å². The molecule has 3 aromatic rings. The van der Waals surface area contributed by atoms with Crippen molar-refractivity contribution in [2.45, 2.75) is 9.79 Å². The molecule has 2 aliphatic heterocycles. The van der Waals surface area contributed by atoms with Gasteiger partial charge >= 0.3 is 0 Å². The highest BCUT2D eigenvalue weighted by atomic mass is 32.2. The Kier molecular flexibility index (Phi) is 5.17. The zero-order valence-electron chi connectivity index (χ0n) is 16.8. The van der Waals surface area contributed by atoms with Crippen LogP contribution >= 0.6 is 0 Å². The first-order valence-electron chi connectivity index (χ1n) is 10.1. The van der Waals surface area contributed by atoms with Gasteiger partial charge in [0.1, 0.15) is 0 Å². The minimum Gasteiger partial charge on any atom is -0.459 e. The molecule has 0 spiro atoms. The normalized spacial score (nSPS) is 16.6. The number of hydrogen-bond acceptors (Lipinski definition) is 5. The minimum atomic E-state index is -1.32. The number of hydrogen-bond donors (Lipinski definition) is 0. The third-order valence-corrected chi connectivity index (χ3v) is 7.10. The second-order valence-electron chi connectivity index (χ2n) is 7.48. The van der Waals surface area contributed by atoms with Crippen LogP contribution in [0.4, 0.5) is 11.4 Å². The molecule has 1 fully saturated rings. The van der Waals surface area contributed by atoms with Crippen LogP contribution in [0.3, 0.4) is 0 Å². The van der Waals surface area contributed by atoms with Gasteiger partial charge in [0.15, 0.2) is 5.76 Å². The maximum absolute atomic E-state index is 13.4. The lowest BCUT2D eigenvalue weighted by molar-refractivity contribution is -0.119. The van der Waals surface area contributed by atoms with Crippen molar-refractivity contribution in [1.82, 2.24) is 9.80 Å². The number of piperazine rings is 1. The van der Waals surface area contributed by atoms with E-state index in [4.69, 9.17) is 4.42 Å². The van der Waals surface area contributed by atoms with Gasteiger partial charge in [0.2, 0.25) is 5.91 Å². The second-order valence-corrected chi connectivity index (χ2v) is 8.90. The molecule has 2 aliphatic rings. The largest absolute Gasteiger partial charge is 0.459 e. The van der Waals surface area contributed by atoms with E-state index in [0.29, 0.717) is 53.1 Å². The summed E-state index contributed by atoms with van der Waals surface area (Å²) in [4.78, 5) is 32.6. The van der Waals surface area contributed by atoms with E-state index < -0.39 is 10.8 Å². The minimum absolute atomic E-state index is 0.0811. The summed E-state index contributed by atoms with van der Waals surface area (Å²) >= 11 is 0. The molecule has 7 nitrogen and oxygen atoms in total. The molecule has 8 heteroatoms. The summed E-state index contributed by atoms with van der Waals surface area (Å²) in [6.45, 7) is 2.48. The number of para-hydroxylation sites is 2. The maximum atomic E-state index is 13.4. The SMILES string of the molecule is O=C(c1ccco1)N1CCN(CC(=O)N2c3ccccc3S(=O)c3ccccc32)CC1. The molecule has 5 rings (SSSR count). The van der Waals surface area contributed by atoms with Crippen molar-refractivity contribution >= 4 is 34.0 Å². The average molecular weight is 436 g/mol. The first kappa shape index (κ1) is 19.7. The van der Waals surface area contributed by atoms with Crippen LogP contribution in [-0.2, 0) is 15.6 Å². The molecule has 0 bridgehead atoms. The van der Waals surface area contributed by atoms with E-state index in [9.17, 15) is 13.8 Å². The Morgan fingerprint density at radius 2 is 1.45 bits per heavy atom. The monoisotopic (exact) mass is 435 g/mol. The van der Waals surface area contributed by atoms with Gasteiger partial charge in [-0.3, -0.25) is 19.4 Å². The van der Waals surface area contributed by atoms with Crippen LogP contribution in [0.1, 0.15) is 10.6 Å². The van der Waals surface area contributed by atoms with Gasteiger partial charge in [-0.15, -0.1) is 0 Å². The molecular weight excluding hydrogens is 414 g/mol. The molecule has 0 atom stereocenters. The van der Waals surface area contributed by atoms with Gasteiger partial charge in [0, 0.05) is 26.2 Å². The molecule has 0 saturated carbocycles. The van der Waals surface area contributed by atoms with E-state index in [1.807, 2.05) is 41.3 Å². The number of rotatable bonds is 3. The van der Waals surface area contributed by atoms with Crippen LogP contribution < -0.4 is 4.90 Å². The van der Waals surface area contributed by atoms with Gasteiger partial charge in [-0.05, 0) is 36.4 Å². The Hall–Kier alpha value is -3.23. The van der Waals surface area contributed by atoms with Crippen LogP contribution in [0, 0.1) is 0 Å². The van der Waals surface area contributed by atoms with Gasteiger partial charge in [-0.2, -0.15) is 0 Å². The van der Waals surface area contributed by atoms with Crippen molar-refractivity contribution in [1.29, 1.82) is 0 Å². The molecule has 1 saturated heterocycles. The van der Waals surface area contributed by atoms with E-state index in [2.05, 4.69) is 0 Å². The summed E-state index contributed by atoms with van der Waals surface area (Å²) in [5.41, 5.74) is 1.33. The second kappa shape index (κ2) is 8.13. The third-order valence-electron chi connectivity index (χ3n) is 5.61. The molecule has 31 heavy (non-hydrogen) atoms. The number of anilines is 2. The van der Waals surface area contributed by atoms with Gasteiger partial charge in [-0.1, -0.05) is 24.3 Å². The molecule has 1 aromatic heterocycles. The summed E-state index contributed by atoms with van der Waals surface area (Å²) in [7, 11) is -1.32. The first-order valence-corrected chi connectivity index (χ1v) is 11.3. The fourth-order valence-electron chi connectivity index (χ4n) is 4.04. The molecule has 2 aromatic carbocycles. The van der Waals surface area contributed by atoms with Gasteiger partial charge < -0.3 is 9.32 Å². The summed E-state index contributed by atoms with van der Waals surface area (Å²) in [5.74, 6) is 0.124. The Morgan fingerprint density at radius 1 is 0.839 bits per heavy atom. The van der Waals surface area contributed by atoms with E-state index in [-0.39, 0.29) is 18.4 Å². The third kappa shape index (κ3) is 3.58. The molecule has 0 aliphatic carbocycles. The topological polar surface area (TPSA) is 74.1 Å². The molecular formula is C23H21N3O4S. The number of carbonyl (C=O) groups is 2. The predicted octanol–water partition coefficient (Wildman–Crippen LogP) is 2.88. The summed E-state index contributed by atoms with van der Waals surface area (Å²) < 4.78 is 18.2. The number of nitrogens with zero attached hydrogens (tertiary/aromatic N) is 3. The van der Waals surface area contributed by atoms with Crippen molar-refractivity contribution in [3.05, 3.63) is 72.7 Å². The molecule has 0 N–H and O–H groups in total. The van der Waals surface area contributed by atoms with Crippen LogP contribution in [0.25, 0.3) is 0 Å². The van der Waals surface area contributed by atoms with Crippen molar-refractivity contribution < 1.29 is 18.2 Å². The standard InChI is InChI=1S/C23H21N3O4S/c27-22(16-24-11-13-25(14-12-24)23(28)19-8-5-15-30-19)26-17-6-1-3-9-20(17)31(29)21-10-4-2-7-18(21)26/h1-10,15H,11-14,16H2. The number of amides is 2. The van der Waals surface area contributed by atoms with E-state index in [1.165, 1.54) is 6.26 Å². The lowest BCUT2D eigenvalue weighted by Crippen LogP contribution is -2.51. The zero-order valence-corrected chi connectivity index (χ0v) is 17.6. The van der Waals surface area contributed by atoms with E-state index >= 15 is 0 Å². The number of furan rings is 1. The van der Waals surface area contributed by atoms with Gasteiger partial charge in [0.25, 0.3) is 5.91 Å². The first-order chi connectivity index (χ1) is 15.1. The Morgan fingerprint density at radius 3 is 2.03 bits per heavy atom. The van der Waals surface area contributed by atoms with Crippen molar-refractivity contribution in [3.8, 4) is 0 Å². The Labute approximate surface area is 182 Å². The van der Waals surface area contributed by atoms with E-state index in [1.54, 1.807) is 34.1 Å². The van der Waals surface area contributed by atoms with Crippen LogP contribution in [0.2, 0.25) is 0 Å². The molecule has 0 radical (unpaired) electrons. The van der Waals surface area contributed by atoms with Gasteiger partial charge in [-0.25, -0.2) is 4.21 Å². The summed E-state index contributed by atoms with van der Waals surface area (Å²) in [6, 6.07) is 18.0. The van der Waals surface area contributed by atoms with Crippen LogP contribution in [0.5, 0.6) is 0 Å². The molecule has 3 heterocycles. The van der Waals surface area contributed by atoms with Crippen molar-refractivity contribution in [3.63, 3.8) is 0 Å². The molecule has 158 valence electrons. The maximum Gasteiger partial charge on any atom is 0.289 e. The zero-order chi connectivity index (χ0) is 21.4. The average Bonchev–Trinajstić information content (AvgIpc) is 3.34.